The van der Waals surface area contributed by atoms with Crippen LogP contribution in [0, 0.1) is 5.82 Å². The number of amides is 1. The molecule has 0 aliphatic carbocycles. The van der Waals surface area contributed by atoms with E-state index in [1.165, 1.54) is 0 Å². The smallest absolute Gasteiger partial charge is 0.384 e. The Morgan fingerprint density at radius 1 is 1.06 bits per heavy atom. The molecule has 2 aromatic carbocycles. The number of hydrogen-bond acceptors (Lipinski definition) is 4. The van der Waals surface area contributed by atoms with Gasteiger partial charge in [-0.3, -0.25) is 4.79 Å². The number of carbonyl (C=O) groups is 1. The molecule has 1 amide bonds. The van der Waals surface area contributed by atoms with Gasteiger partial charge < -0.3 is 16.0 Å². The van der Waals surface area contributed by atoms with Crippen LogP contribution < -0.4 is 11.1 Å². The topological polar surface area (TPSA) is 71.2 Å². The molecular formula is C22H18F4N4O. The van der Waals surface area contributed by atoms with Crippen LogP contribution in [-0.4, -0.2) is 22.3 Å². The third-order valence-electron chi connectivity index (χ3n) is 5.11. The Balaban J connectivity index is 1.55. The van der Waals surface area contributed by atoms with Gasteiger partial charge in [-0.05, 0) is 53.9 Å². The normalized spacial score (nSPS) is 13.6. The lowest BCUT2D eigenvalue weighted by Gasteiger charge is -2.30. The van der Waals surface area contributed by atoms with Gasteiger partial charge in [0.1, 0.15) is 17.3 Å². The fourth-order valence-corrected chi connectivity index (χ4v) is 3.57. The number of nitrogens with two attached hydrogens (primary N) is 1. The quantitative estimate of drug-likeness (QED) is 0.588. The van der Waals surface area contributed by atoms with E-state index in [2.05, 4.69) is 10.3 Å². The molecule has 1 aromatic heterocycles. The van der Waals surface area contributed by atoms with Crippen LogP contribution in [0.1, 0.15) is 27.2 Å². The van der Waals surface area contributed by atoms with Crippen LogP contribution in [0.25, 0.3) is 0 Å². The minimum atomic E-state index is -4.61. The number of rotatable bonds is 3. The monoisotopic (exact) mass is 430 g/mol. The molecule has 0 unspecified atom stereocenters. The molecule has 5 nitrogen and oxygen atoms in total. The molecule has 0 bridgehead atoms. The zero-order valence-electron chi connectivity index (χ0n) is 16.2. The minimum Gasteiger partial charge on any atom is -0.384 e. The van der Waals surface area contributed by atoms with Gasteiger partial charge in [-0.1, -0.05) is 18.2 Å². The fourth-order valence-electron chi connectivity index (χ4n) is 3.57. The molecule has 0 atom stereocenters. The number of pyridine rings is 1. The van der Waals surface area contributed by atoms with E-state index in [0.29, 0.717) is 31.3 Å². The number of aromatic nitrogens is 1. The van der Waals surface area contributed by atoms with Crippen molar-refractivity contribution in [3.8, 4) is 0 Å². The summed E-state index contributed by atoms with van der Waals surface area (Å²) >= 11 is 0. The molecule has 3 aromatic rings. The second-order valence-electron chi connectivity index (χ2n) is 7.19. The van der Waals surface area contributed by atoms with Gasteiger partial charge in [0, 0.05) is 18.8 Å². The lowest BCUT2D eigenvalue weighted by molar-refractivity contribution is -0.137. The number of anilines is 3. The third kappa shape index (κ3) is 4.30. The number of fused-ring (bicyclic) bond motifs is 1. The van der Waals surface area contributed by atoms with Gasteiger partial charge in [-0.15, -0.1) is 0 Å². The SMILES string of the molecule is Nc1cccc(C(=O)N2CCc3c(cccc3Nc3ccc(C(F)(F)F)cc3F)C2)n1. The summed E-state index contributed by atoms with van der Waals surface area (Å²) in [6.45, 7) is 0.742. The van der Waals surface area contributed by atoms with Crippen LogP contribution in [0.5, 0.6) is 0 Å². The van der Waals surface area contributed by atoms with Crippen LogP contribution in [0.4, 0.5) is 34.8 Å². The number of nitrogens with one attached hydrogen (secondary N) is 1. The average Bonchev–Trinajstić information content (AvgIpc) is 2.73. The van der Waals surface area contributed by atoms with Crippen LogP contribution in [-0.2, 0) is 19.1 Å². The molecule has 1 aliphatic rings. The fraction of sp³-hybridized carbons (Fsp3) is 0.182. The molecule has 2 heterocycles. The Morgan fingerprint density at radius 2 is 1.84 bits per heavy atom. The van der Waals surface area contributed by atoms with Crippen LogP contribution in [0.3, 0.4) is 0 Å². The lowest BCUT2D eigenvalue weighted by atomic mass is 9.97. The first-order valence-electron chi connectivity index (χ1n) is 9.49. The Hall–Kier alpha value is -3.62. The summed E-state index contributed by atoms with van der Waals surface area (Å²) in [6, 6.07) is 12.6. The van der Waals surface area contributed by atoms with Gasteiger partial charge in [-0.2, -0.15) is 13.2 Å². The Bertz CT molecular complexity index is 1150. The molecule has 1 aliphatic heterocycles. The number of nitrogen functional groups attached to an aromatic ring is 1. The van der Waals surface area contributed by atoms with Crippen molar-refractivity contribution >= 4 is 23.1 Å². The highest BCUT2D eigenvalue weighted by Gasteiger charge is 2.31. The van der Waals surface area contributed by atoms with Crippen LogP contribution in [0.2, 0.25) is 0 Å². The summed E-state index contributed by atoms with van der Waals surface area (Å²) in [5.74, 6) is -0.980. The average molecular weight is 430 g/mol. The van der Waals surface area contributed by atoms with Crippen molar-refractivity contribution in [1.82, 2.24) is 9.88 Å². The molecule has 0 spiro atoms. The number of halogens is 4. The van der Waals surface area contributed by atoms with E-state index in [-0.39, 0.29) is 23.1 Å². The summed E-state index contributed by atoms with van der Waals surface area (Å²) in [7, 11) is 0. The van der Waals surface area contributed by atoms with Crippen molar-refractivity contribution in [3.05, 3.63) is 82.8 Å². The molecule has 0 saturated carbocycles. The van der Waals surface area contributed by atoms with E-state index in [1.807, 2.05) is 6.07 Å². The van der Waals surface area contributed by atoms with E-state index in [0.717, 1.165) is 23.3 Å². The standard InChI is InChI=1S/C22H18F4N4O/c23-16-11-14(22(24,25)26)7-8-18(16)28-17-4-1-3-13-12-30(10-9-15(13)17)21(31)19-5-2-6-20(27)29-19/h1-8,11,28H,9-10,12H2,(H2,27,29). The maximum Gasteiger partial charge on any atom is 0.416 e. The van der Waals surface area contributed by atoms with Gasteiger partial charge in [0.2, 0.25) is 0 Å². The second-order valence-corrected chi connectivity index (χ2v) is 7.19. The summed E-state index contributed by atoms with van der Waals surface area (Å²) in [5.41, 5.74) is 7.14. The summed E-state index contributed by atoms with van der Waals surface area (Å²) in [5, 5.41) is 2.89. The maximum absolute atomic E-state index is 14.3. The Morgan fingerprint density at radius 3 is 2.55 bits per heavy atom. The number of carbonyl (C=O) groups excluding carboxylic acids is 1. The van der Waals surface area contributed by atoms with Crippen molar-refractivity contribution < 1.29 is 22.4 Å². The van der Waals surface area contributed by atoms with E-state index >= 15 is 0 Å². The molecule has 3 N–H and O–H groups in total. The Labute approximate surface area is 175 Å². The van der Waals surface area contributed by atoms with E-state index < -0.39 is 17.6 Å². The Kier molecular flexibility index (Phi) is 5.26. The van der Waals surface area contributed by atoms with Crippen molar-refractivity contribution in [2.45, 2.75) is 19.1 Å². The highest BCUT2D eigenvalue weighted by atomic mass is 19.4. The minimum absolute atomic E-state index is 0.0520. The maximum atomic E-state index is 14.3. The summed E-state index contributed by atoms with van der Waals surface area (Å²) in [4.78, 5) is 18.5. The highest BCUT2D eigenvalue weighted by molar-refractivity contribution is 5.92. The second kappa shape index (κ2) is 7.90. The van der Waals surface area contributed by atoms with Gasteiger partial charge in [0.15, 0.2) is 0 Å². The molecule has 0 radical (unpaired) electrons. The van der Waals surface area contributed by atoms with Crippen molar-refractivity contribution in [3.63, 3.8) is 0 Å². The first-order chi connectivity index (χ1) is 14.7. The summed E-state index contributed by atoms with van der Waals surface area (Å²) in [6.07, 6.45) is -4.12. The molecule has 4 rings (SSSR count). The molecular weight excluding hydrogens is 412 g/mol. The van der Waals surface area contributed by atoms with Crippen molar-refractivity contribution in [2.75, 3.05) is 17.6 Å². The van der Waals surface area contributed by atoms with Gasteiger partial charge in [0.05, 0.1) is 11.3 Å². The van der Waals surface area contributed by atoms with Crippen molar-refractivity contribution in [1.29, 1.82) is 0 Å². The number of benzene rings is 2. The molecule has 31 heavy (non-hydrogen) atoms. The van der Waals surface area contributed by atoms with E-state index in [1.54, 1.807) is 35.2 Å². The lowest BCUT2D eigenvalue weighted by Crippen LogP contribution is -2.36. The zero-order chi connectivity index (χ0) is 22.2. The van der Waals surface area contributed by atoms with E-state index in [4.69, 9.17) is 5.73 Å². The zero-order valence-corrected chi connectivity index (χ0v) is 16.2. The van der Waals surface area contributed by atoms with Crippen molar-refractivity contribution in [2.24, 2.45) is 0 Å². The van der Waals surface area contributed by atoms with Gasteiger partial charge in [0.25, 0.3) is 5.91 Å². The highest BCUT2D eigenvalue weighted by Crippen LogP contribution is 2.34. The molecule has 9 heteroatoms. The van der Waals surface area contributed by atoms with Crippen LogP contribution in [0.15, 0.2) is 54.6 Å². The van der Waals surface area contributed by atoms with E-state index in [9.17, 15) is 22.4 Å². The number of nitrogens with zero attached hydrogens (tertiary/aromatic N) is 2. The third-order valence-corrected chi connectivity index (χ3v) is 5.11. The number of hydrogen-bond donors (Lipinski definition) is 2. The van der Waals surface area contributed by atoms with Gasteiger partial charge >= 0.3 is 6.18 Å². The first kappa shape index (κ1) is 20.6. The van der Waals surface area contributed by atoms with Crippen LogP contribution >= 0.6 is 0 Å². The first-order valence-corrected chi connectivity index (χ1v) is 9.49. The largest absolute Gasteiger partial charge is 0.416 e. The molecule has 160 valence electrons. The summed E-state index contributed by atoms with van der Waals surface area (Å²) < 4.78 is 52.6. The van der Waals surface area contributed by atoms with Gasteiger partial charge in [-0.25, -0.2) is 9.37 Å². The predicted octanol–water partition coefficient (Wildman–Crippen LogP) is 4.76. The predicted molar refractivity (Wildman–Crippen MR) is 108 cm³/mol. The molecule has 0 saturated heterocycles. The molecule has 0 fully saturated rings. The number of alkyl halides is 3.